The Morgan fingerprint density at radius 2 is 1.48 bits per heavy atom. The highest BCUT2D eigenvalue weighted by molar-refractivity contribution is 7.02. The second kappa shape index (κ2) is 6.04. The van der Waals surface area contributed by atoms with E-state index in [1.807, 2.05) is 0 Å². The molecule has 0 radical (unpaired) electrons. The third-order valence-corrected chi connectivity index (χ3v) is 10.0. The predicted octanol–water partition coefficient (Wildman–Crippen LogP) is 2.38. The van der Waals surface area contributed by atoms with Crippen LogP contribution in [-0.2, 0) is 0 Å². The first-order chi connectivity index (χ1) is 10.2. The summed E-state index contributed by atoms with van der Waals surface area (Å²) in [6.45, 7) is 0. The van der Waals surface area contributed by atoms with Crippen LogP contribution in [0.15, 0.2) is 54.6 Å². The molecule has 0 bridgehead atoms. The van der Waals surface area contributed by atoms with E-state index in [4.69, 9.17) is 10.5 Å². The quantitative estimate of drug-likeness (QED) is 0.883. The van der Waals surface area contributed by atoms with Gasteiger partial charge >= 0.3 is 0 Å². The normalized spacial score (nSPS) is 25.5. The van der Waals surface area contributed by atoms with Crippen LogP contribution in [0.5, 0.6) is 5.75 Å². The third kappa shape index (κ3) is 2.76. The molecule has 0 aliphatic carbocycles. The highest BCUT2D eigenvalue weighted by Gasteiger charge is 2.39. The Labute approximate surface area is 128 Å². The smallest absolute Gasteiger partial charge is 0.118 e. The van der Waals surface area contributed by atoms with Gasteiger partial charge < -0.3 is 10.5 Å². The van der Waals surface area contributed by atoms with Gasteiger partial charge in [-0.1, -0.05) is 52.8 Å². The molecule has 2 N–H and O–H groups in total. The van der Waals surface area contributed by atoms with Crippen molar-refractivity contribution in [2.75, 3.05) is 7.11 Å². The molecule has 2 nitrogen and oxygen atoms in total. The molecule has 1 saturated heterocycles. The van der Waals surface area contributed by atoms with E-state index in [-0.39, 0.29) is 0 Å². The van der Waals surface area contributed by atoms with Crippen LogP contribution in [-0.4, -0.2) is 21.2 Å². The number of rotatable bonds is 3. The Hall–Kier alpha value is -1.58. The second-order valence-electron chi connectivity index (χ2n) is 6.01. The number of benzene rings is 2. The van der Waals surface area contributed by atoms with Crippen molar-refractivity contribution < 1.29 is 4.74 Å². The van der Waals surface area contributed by atoms with Crippen molar-refractivity contribution in [2.45, 2.75) is 31.0 Å². The highest BCUT2D eigenvalue weighted by atomic mass is 28.3. The molecule has 2 aromatic carbocycles. The lowest BCUT2D eigenvalue weighted by atomic mass is 10.2. The zero-order valence-electron chi connectivity index (χ0n) is 12.6. The van der Waals surface area contributed by atoms with Crippen LogP contribution in [0.1, 0.15) is 12.8 Å². The van der Waals surface area contributed by atoms with Crippen LogP contribution in [0.4, 0.5) is 0 Å². The summed E-state index contributed by atoms with van der Waals surface area (Å²) in [6, 6.07) is 22.7. The van der Waals surface area contributed by atoms with Gasteiger partial charge in [0.15, 0.2) is 0 Å². The number of hydrogen-bond acceptors (Lipinski definition) is 2. The maximum Gasteiger partial charge on any atom is 0.118 e. The van der Waals surface area contributed by atoms with E-state index in [9.17, 15) is 0 Å². The average molecular weight is 297 g/mol. The summed E-state index contributed by atoms with van der Waals surface area (Å²) in [5, 5.41) is 3.06. The largest absolute Gasteiger partial charge is 0.497 e. The summed E-state index contributed by atoms with van der Waals surface area (Å²) in [5.74, 6) is 0.934. The SMILES string of the molecule is COc1ccc([Si]2(c3ccccc3)CCC(N)CC2)cc1. The second-order valence-corrected chi connectivity index (χ2v) is 10.3. The summed E-state index contributed by atoms with van der Waals surface area (Å²) < 4.78 is 5.31. The molecule has 21 heavy (non-hydrogen) atoms. The van der Waals surface area contributed by atoms with E-state index in [1.54, 1.807) is 12.3 Å². The minimum absolute atomic E-state index is 0.382. The molecule has 0 unspecified atom stereocenters. The van der Waals surface area contributed by atoms with E-state index in [0.717, 1.165) is 18.6 Å². The molecular formula is C18H23NOSi. The average Bonchev–Trinajstić information content (AvgIpc) is 2.57. The zero-order chi connectivity index (χ0) is 14.7. The van der Waals surface area contributed by atoms with Gasteiger partial charge in [0.1, 0.15) is 13.8 Å². The molecule has 1 heterocycles. The summed E-state index contributed by atoms with van der Waals surface area (Å²) >= 11 is 0. The molecule has 1 fully saturated rings. The third-order valence-electron chi connectivity index (χ3n) is 4.85. The Morgan fingerprint density at radius 3 is 2.05 bits per heavy atom. The van der Waals surface area contributed by atoms with Gasteiger partial charge in [-0.15, -0.1) is 0 Å². The number of ether oxygens (including phenoxy) is 1. The van der Waals surface area contributed by atoms with Crippen molar-refractivity contribution in [2.24, 2.45) is 5.73 Å². The first-order valence-corrected chi connectivity index (χ1v) is 10.1. The van der Waals surface area contributed by atoms with Crippen LogP contribution in [0.3, 0.4) is 0 Å². The van der Waals surface area contributed by atoms with E-state index in [1.165, 1.54) is 17.3 Å². The van der Waals surface area contributed by atoms with Gasteiger partial charge in [0.25, 0.3) is 0 Å². The van der Waals surface area contributed by atoms with Gasteiger partial charge in [0.05, 0.1) is 7.11 Å². The maximum absolute atomic E-state index is 6.16. The van der Waals surface area contributed by atoms with Gasteiger partial charge in [-0.3, -0.25) is 0 Å². The summed E-state index contributed by atoms with van der Waals surface area (Å²) in [6.07, 6.45) is 2.29. The number of hydrogen-bond donors (Lipinski definition) is 1. The number of methoxy groups -OCH3 is 1. The summed E-state index contributed by atoms with van der Waals surface area (Å²) in [4.78, 5) is 0. The van der Waals surface area contributed by atoms with Gasteiger partial charge in [0, 0.05) is 6.04 Å². The molecule has 0 aromatic heterocycles. The zero-order valence-corrected chi connectivity index (χ0v) is 13.6. The molecular weight excluding hydrogens is 274 g/mol. The van der Waals surface area contributed by atoms with Crippen LogP contribution in [0, 0.1) is 0 Å². The Bertz CT molecular complexity index is 574. The molecule has 110 valence electrons. The highest BCUT2D eigenvalue weighted by Crippen LogP contribution is 2.28. The fourth-order valence-corrected chi connectivity index (χ4v) is 8.64. The van der Waals surface area contributed by atoms with E-state index in [2.05, 4.69) is 54.6 Å². The van der Waals surface area contributed by atoms with E-state index in [0.29, 0.717) is 6.04 Å². The van der Waals surface area contributed by atoms with Crippen molar-refractivity contribution in [3.63, 3.8) is 0 Å². The Morgan fingerprint density at radius 1 is 0.905 bits per heavy atom. The van der Waals surface area contributed by atoms with Crippen LogP contribution in [0.2, 0.25) is 12.1 Å². The minimum Gasteiger partial charge on any atom is -0.497 e. The minimum atomic E-state index is -1.65. The van der Waals surface area contributed by atoms with Crippen LogP contribution in [0.25, 0.3) is 0 Å². The van der Waals surface area contributed by atoms with Gasteiger partial charge in [-0.05, 0) is 37.1 Å². The van der Waals surface area contributed by atoms with Gasteiger partial charge in [0.2, 0.25) is 0 Å². The molecule has 3 rings (SSSR count). The fraction of sp³-hybridized carbons (Fsp3) is 0.333. The van der Waals surface area contributed by atoms with Gasteiger partial charge in [-0.2, -0.15) is 0 Å². The molecule has 3 heteroatoms. The van der Waals surface area contributed by atoms with Crippen molar-refractivity contribution in [1.29, 1.82) is 0 Å². The van der Waals surface area contributed by atoms with E-state index < -0.39 is 8.07 Å². The standard InChI is InChI=1S/C18H23NOSi/c1-20-16-7-9-18(10-8-16)21(13-11-15(19)12-14-21)17-5-3-2-4-6-17/h2-10,15H,11-14,19H2,1H3. The van der Waals surface area contributed by atoms with Crippen molar-refractivity contribution in [1.82, 2.24) is 0 Å². The van der Waals surface area contributed by atoms with E-state index >= 15 is 0 Å². The molecule has 0 atom stereocenters. The predicted molar refractivity (Wildman–Crippen MR) is 91.3 cm³/mol. The molecule has 0 amide bonds. The summed E-state index contributed by atoms with van der Waals surface area (Å²) in [7, 11) is 0.0733. The molecule has 0 spiro atoms. The first kappa shape index (κ1) is 14.4. The molecule has 0 saturated carbocycles. The van der Waals surface area contributed by atoms with Crippen molar-refractivity contribution >= 4 is 18.4 Å². The molecule has 2 aromatic rings. The fourth-order valence-electron chi connectivity index (χ4n) is 3.54. The topological polar surface area (TPSA) is 35.2 Å². The Balaban J connectivity index is 2.03. The molecule has 1 aliphatic heterocycles. The van der Waals surface area contributed by atoms with Gasteiger partial charge in [-0.25, -0.2) is 0 Å². The Kier molecular flexibility index (Phi) is 4.13. The monoisotopic (exact) mass is 297 g/mol. The maximum atomic E-state index is 6.16. The van der Waals surface area contributed by atoms with Crippen LogP contribution >= 0.6 is 0 Å². The number of nitrogens with two attached hydrogens (primary N) is 1. The molecule has 1 aliphatic rings. The van der Waals surface area contributed by atoms with Crippen molar-refractivity contribution in [3.8, 4) is 5.75 Å². The first-order valence-electron chi connectivity index (χ1n) is 7.70. The lowest BCUT2D eigenvalue weighted by Gasteiger charge is -2.38. The lowest BCUT2D eigenvalue weighted by Crippen LogP contribution is -2.60. The lowest BCUT2D eigenvalue weighted by molar-refractivity contribution is 0.415. The van der Waals surface area contributed by atoms with Crippen LogP contribution < -0.4 is 20.8 Å². The van der Waals surface area contributed by atoms with Crippen molar-refractivity contribution in [3.05, 3.63) is 54.6 Å². The summed E-state index contributed by atoms with van der Waals surface area (Å²) in [5.41, 5.74) is 6.16.